The van der Waals surface area contributed by atoms with Gasteiger partial charge in [-0.15, -0.1) is 11.6 Å². The summed E-state index contributed by atoms with van der Waals surface area (Å²) in [5.74, 6) is 0.523. The van der Waals surface area contributed by atoms with E-state index in [4.69, 9.17) is 23.2 Å². The molecule has 21 heavy (non-hydrogen) atoms. The zero-order valence-corrected chi connectivity index (χ0v) is 14.0. The van der Waals surface area contributed by atoms with Crippen LogP contribution in [0.1, 0.15) is 11.4 Å². The van der Waals surface area contributed by atoms with Crippen LogP contribution < -0.4 is 0 Å². The molecule has 3 nitrogen and oxygen atoms in total. The summed E-state index contributed by atoms with van der Waals surface area (Å²) in [6.07, 6.45) is 1.55. The van der Waals surface area contributed by atoms with Crippen LogP contribution >= 0.6 is 39.1 Å². The molecule has 1 aromatic carbocycles. The van der Waals surface area contributed by atoms with Crippen LogP contribution in [-0.2, 0) is 5.88 Å². The minimum absolute atomic E-state index is 0.211. The summed E-state index contributed by atoms with van der Waals surface area (Å²) in [5.41, 5.74) is 2.82. The third-order valence-electron chi connectivity index (χ3n) is 3.13. The maximum atomic E-state index is 13.6. The number of halogens is 4. The second-order valence-electron chi connectivity index (χ2n) is 4.55. The zero-order chi connectivity index (χ0) is 15.1. The normalized spacial score (nSPS) is 11.3. The number of imidazole rings is 1. The van der Waals surface area contributed by atoms with Crippen molar-refractivity contribution in [2.24, 2.45) is 0 Å². The molecule has 0 N–H and O–H groups in total. The molecule has 0 unspecified atom stereocenters. The standard InChI is InChI=1S/C14H9BrCl2FN3/c1-7-2-10(18)9(15)4-12(7)21-13(5-16)20-11-3-8(17)6-19-14(11)21/h2-4,6H,5H2,1H3. The number of aromatic nitrogens is 3. The number of nitrogens with zero attached hydrogens (tertiary/aromatic N) is 3. The van der Waals surface area contributed by atoms with Gasteiger partial charge in [0.15, 0.2) is 5.65 Å². The van der Waals surface area contributed by atoms with Crippen LogP contribution in [0.5, 0.6) is 0 Å². The lowest BCUT2D eigenvalue weighted by molar-refractivity contribution is 0.619. The van der Waals surface area contributed by atoms with Crippen LogP contribution in [-0.4, -0.2) is 14.5 Å². The molecule has 0 saturated carbocycles. The Balaban J connectivity index is 2.36. The molecule has 0 amide bonds. The summed E-state index contributed by atoms with van der Waals surface area (Å²) in [5, 5.41) is 0.505. The fraction of sp³-hybridized carbons (Fsp3) is 0.143. The first-order valence-corrected chi connectivity index (χ1v) is 7.76. The van der Waals surface area contributed by atoms with Gasteiger partial charge in [0.05, 0.1) is 21.1 Å². The molecular weight excluding hydrogens is 380 g/mol. The van der Waals surface area contributed by atoms with Gasteiger partial charge in [0.1, 0.15) is 17.2 Å². The van der Waals surface area contributed by atoms with Crippen LogP contribution in [0.2, 0.25) is 5.02 Å². The van der Waals surface area contributed by atoms with Crippen molar-refractivity contribution in [1.82, 2.24) is 14.5 Å². The highest BCUT2D eigenvalue weighted by molar-refractivity contribution is 9.10. The predicted molar refractivity (Wildman–Crippen MR) is 85.8 cm³/mol. The van der Waals surface area contributed by atoms with Crippen molar-refractivity contribution in [2.45, 2.75) is 12.8 Å². The second kappa shape index (κ2) is 5.55. The van der Waals surface area contributed by atoms with Crippen molar-refractivity contribution in [3.05, 3.63) is 51.1 Å². The minimum atomic E-state index is -0.316. The number of fused-ring (bicyclic) bond motifs is 1. The Bertz CT molecular complexity index is 848. The summed E-state index contributed by atoms with van der Waals surface area (Å²) < 4.78 is 15.8. The van der Waals surface area contributed by atoms with Gasteiger partial charge < -0.3 is 0 Å². The molecule has 0 atom stereocenters. The van der Waals surface area contributed by atoms with Gasteiger partial charge in [-0.05, 0) is 46.6 Å². The second-order valence-corrected chi connectivity index (χ2v) is 6.10. The van der Waals surface area contributed by atoms with Gasteiger partial charge in [-0.2, -0.15) is 0 Å². The number of aryl methyl sites for hydroxylation is 1. The monoisotopic (exact) mass is 387 g/mol. The molecule has 108 valence electrons. The summed E-state index contributed by atoms with van der Waals surface area (Å²) in [6, 6.07) is 4.88. The average molecular weight is 389 g/mol. The molecule has 0 bridgehead atoms. The Hall–Kier alpha value is -1.17. The van der Waals surface area contributed by atoms with Crippen LogP contribution in [0.15, 0.2) is 28.9 Å². The van der Waals surface area contributed by atoms with E-state index in [-0.39, 0.29) is 11.7 Å². The van der Waals surface area contributed by atoms with E-state index in [0.29, 0.717) is 26.5 Å². The van der Waals surface area contributed by atoms with Gasteiger partial charge >= 0.3 is 0 Å². The van der Waals surface area contributed by atoms with E-state index in [2.05, 4.69) is 25.9 Å². The number of pyridine rings is 1. The molecule has 0 aliphatic heterocycles. The van der Waals surface area contributed by atoms with E-state index in [1.54, 1.807) is 18.3 Å². The Morgan fingerprint density at radius 1 is 1.33 bits per heavy atom. The zero-order valence-electron chi connectivity index (χ0n) is 10.9. The van der Waals surface area contributed by atoms with Gasteiger partial charge in [0.2, 0.25) is 0 Å². The Morgan fingerprint density at radius 3 is 2.81 bits per heavy atom. The molecule has 0 aliphatic carbocycles. The number of hydrogen-bond donors (Lipinski definition) is 0. The summed E-state index contributed by atoms with van der Waals surface area (Å²) >= 11 is 15.1. The number of hydrogen-bond acceptors (Lipinski definition) is 2. The van der Waals surface area contributed by atoms with Gasteiger partial charge in [-0.25, -0.2) is 14.4 Å². The van der Waals surface area contributed by atoms with E-state index < -0.39 is 0 Å². The fourth-order valence-corrected chi connectivity index (χ4v) is 2.87. The molecule has 0 aliphatic rings. The van der Waals surface area contributed by atoms with Gasteiger partial charge in [0, 0.05) is 6.20 Å². The molecule has 7 heteroatoms. The maximum Gasteiger partial charge on any atom is 0.164 e. The molecule has 0 saturated heterocycles. The lowest BCUT2D eigenvalue weighted by Gasteiger charge is -2.11. The predicted octanol–water partition coefficient (Wildman–Crippen LogP) is 5.02. The molecule has 2 heterocycles. The molecule has 3 rings (SSSR count). The highest BCUT2D eigenvalue weighted by atomic mass is 79.9. The first-order chi connectivity index (χ1) is 10.0. The SMILES string of the molecule is Cc1cc(F)c(Br)cc1-n1c(CCl)nc2cc(Cl)cnc21. The van der Waals surface area contributed by atoms with Crippen molar-refractivity contribution in [2.75, 3.05) is 0 Å². The van der Waals surface area contributed by atoms with E-state index >= 15 is 0 Å². The van der Waals surface area contributed by atoms with E-state index in [1.165, 1.54) is 6.07 Å². The lowest BCUT2D eigenvalue weighted by atomic mass is 10.2. The van der Waals surface area contributed by atoms with Crippen LogP contribution in [0.3, 0.4) is 0 Å². The molecule has 0 spiro atoms. The number of benzene rings is 1. The lowest BCUT2D eigenvalue weighted by Crippen LogP contribution is -2.03. The largest absolute Gasteiger partial charge is 0.279 e. The average Bonchev–Trinajstić information content (AvgIpc) is 2.80. The van der Waals surface area contributed by atoms with Crippen LogP contribution in [0.4, 0.5) is 4.39 Å². The van der Waals surface area contributed by atoms with Crippen molar-refractivity contribution in [3.63, 3.8) is 0 Å². The minimum Gasteiger partial charge on any atom is -0.279 e. The van der Waals surface area contributed by atoms with E-state index in [1.807, 2.05) is 11.5 Å². The van der Waals surface area contributed by atoms with Crippen LogP contribution in [0.25, 0.3) is 16.9 Å². The van der Waals surface area contributed by atoms with Crippen molar-refractivity contribution in [1.29, 1.82) is 0 Å². The first kappa shape index (κ1) is 14.8. The Labute approximate surface area is 138 Å². The van der Waals surface area contributed by atoms with Gasteiger partial charge in [0.25, 0.3) is 0 Å². The maximum absolute atomic E-state index is 13.6. The van der Waals surface area contributed by atoms with E-state index in [9.17, 15) is 4.39 Å². The molecular formula is C14H9BrCl2FN3. The quantitative estimate of drug-likeness (QED) is 0.577. The Morgan fingerprint density at radius 2 is 2.10 bits per heavy atom. The summed E-state index contributed by atoms with van der Waals surface area (Å²) in [6.45, 7) is 1.82. The smallest absolute Gasteiger partial charge is 0.164 e. The van der Waals surface area contributed by atoms with Gasteiger partial charge in [-0.1, -0.05) is 11.6 Å². The molecule has 3 aromatic rings. The van der Waals surface area contributed by atoms with Crippen LogP contribution in [0, 0.1) is 12.7 Å². The highest BCUT2D eigenvalue weighted by Crippen LogP contribution is 2.28. The fourth-order valence-electron chi connectivity index (χ4n) is 2.21. The third kappa shape index (κ3) is 2.54. The molecule has 2 aromatic heterocycles. The summed E-state index contributed by atoms with van der Waals surface area (Å²) in [4.78, 5) is 8.76. The third-order valence-corrected chi connectivity index (χ3v) is 4.19. The summed E-state index contributed by atoms with van der Waals surface area (Å²) in [7, 11) is 0. The van der Waals surface area contributed by atoms with Crippen molar-refractivity contribution < 1.29 is 4.39 Å². The molecule has 0 radical (unpaired) electrons. The van der Waals surface area contributed by atoms with Gasteiger partial charge in [-0.3, -0.25) is 4.57 Å². The first-order valence-electron chi connectivity index (χ1n) is 6.06. The highest BCUT2D eigenvalue weighted by Gasteiger charge is 2.16. The van der Waals surface area contributed by atoms with Crippen molar-refractivity contribution >= 4 is 50.3 Å². The number of rotatable bonds is 2. The Kier molecular flexibility index (Phi) is 3.90. The topological polar surface area (TPSA) is 30.7 Å². The van der Waals surface area contributed by atoms with Crippen molar-refractivity contribution in [3.8, 4) is 5.69 Å². The molecule has 0 fully saturated rings. The van der Waals surface area contributed by atoms with E-state index in [0.717, 1.165) is 11.3 Å². The number of alkyl halides is 1.